The van der Waals surface area contributed by atoms with Crippen molar-refractivity contribution < 1.29 is 57.3 Å². The number of nitrogens with zero attached hydrogens (tertiary/aromatic N) is 2. The first-order valence-electron chi connectivity index (χ1n) is 16.2. The van der Waals surface area contributed by atoms with Gasteiger partial charge < -0.3 is 40.2 Å². The molecule has 0 amide bonds. The van der Waals surface area contributed by atoms with E-state index in [9.17, 15) is 30.0 Å². The molecule has 0 aliphatic carbocycles. The maximum Gasteiger partial charge on any atom is 2.00 e. The molecule has 0 fully saturated rings. The topological polar surface area (TPSA) is 187 Å². The van der Waals surface area contributed by atoms with E-state index in [1.165, 1.54) is 0 Å². The Morgan fingerprint density at radius 2 is 0.623 bits per heavy atom. The van der Waals surface area contributed by atoms with Crippen LogP contribution in [0, 0.1) is 0 Å². The van der Waals surface area contributed by atoms with Crippen LogP contribution in [-0.2, 0) is 37.9 Å². The Morgan fingerprint density at radius 1 is 0.453 bits per heavy atom. The van der Waals surface area contributed by atoms with Gasteiger partial charge in [0.25, 0.3) is 0 Å². The van der Waals surface area contributed by atoms with E-state index in [1.807, 2.05) is 36.4 Å². The van der Waals surface area contributed by atoms with Gasteiger partial charge in [0, 0.05) is 38.0 Å². The van der Waals surface area contributed by atoms with E-state index in [0.29, 0.717) is 0 Å². The van der Waals surface area contributed by atoms with Gasteiger partial charge in [-0.15, -0.1) is 0 Å². The van der Waals surface area contributed by atoms with E-state index in [2.05, 4.69) is 9.97 Å². The minimum atomic E-state index is -2.11. The van der Waals surface area contributed by atoms with Gasteiger partial charge in [0.1, 0.15) is 0 Å². The minimum Gasteiger partial charge on any atom is -0.546 e. The van der Waals surface area contributed by atoms with Crippen LogP contribution in [0.25, 0.3) is 0 Å². The zero-order valence-electron chi connectivity index (χ0n) is 29.4. The van der Waals surface area contributed by atoms with Gasteiger partial charge in [-0.3, -0.25) is 9.97 Å². The summed E-state index contributed by atoms with van der Waals surface area (Å²) in [5.41, 5.74) is -3.08. The Balaban J connectivity index is 0.000000694. The summed E-state index contributed by atoms with van der Waals surface area (Å²) in [6.07, 6.45) is 7.00. The van der Waals surface area contributed by atoms with Crippen molar-refractivity contribution in [3.05, 3.63) is 205 Å². The average molecular weight is 768 g/mol. The molecule has 2 heterocycles. The number of benzene rings is 4. The number of aliphatic hydroxyl groups excluding tert-OH is 2. The Morgan fingerprint density at radius 3 is 0.736 bits per heavy atom. The number of carboxylic acids is 2. The summed E-state index contributed by atoms with van der Waals surface area (Å²) >= 11 is 0. The summed E-state index contributed by atoms with van der Waals surface area (Å²) in [4.78, 5) is 30.1. The van der Waals surface area contributed by atoms with E-state index >= 15 is 0 Å². The molecule has 2 aromatic heterocycles. The van der Waals surface area contributed by atoms with Crippen molar-refractivity contribution >= 4 is 11.9 Å². The molecule has 0 saturated heterocycles. The smallest absolute Gasteiger partial charge is 0.546 e. The fourth-order valence-corrected chi connectivity index (χ4v) is 4.15. The van der Waals surface area contributed by atoms with E-state index in [1.54, 1.807) is 160 Å². The minimum absolute atomic E-state index is 0. The second kappa shape index (κ2) is 28.1. The summed E-state index contributed by atoms with van der Waals surface area (Å²) in [5, 5.41) is 58.4. The summed E-state index contributed by atoms with van der Waals surface area (Å²) in [6.45, 7) is 3.86. The number of hydrogen-bond acceptors (Lipinski definition) is 10. The summed E-state index contributed by atoms with van der Waals surface area (Å²) in [7, 11) is 0. The van der Waals surface area contributed by atoms with Crippen molar-refractivity contribution in [2.45, 2.75) is 25.0 Å². The standard InChI is InChI=1S/2C14H12O3.2C5H5N.2C2H6O.Cu/c2*15-13(16)14(17,11-7-3-1-4-8-11)12-9-5-2-6-10-12;2*1-2-4-6-5-3-1;2*1-2-3;/h2*1-10,17H,(H,15,16);2*1-5H;2*3H,2H2,1H3;/q;;;;;;+2/p-2. The molecule has 53 heavy (non-hydrogen) atoms. The van der Waals surface area contributed by atoms with Crippen LogP contribution in [0.2, 0.25) is 0 Å². The van der Waals surface area contributed by atoms with Crippen LogP contribution in [0.5, 0.6) is 0 Å². The van der Waals surface area contributed by atoms with Gasteiger partial charge in [-0.2, -0.15) is 0 Å². The van der Waals surface area contributed by atoms with Crippen LogP contribution in [0.3, 0.4) is 0 Å². The molecule has 0 unspecified atom stereocenters. The Hall–Kier alpha value is -5.52. The Bertz CT molecular complexity index is 1470. The molecule has 0 aliphatic heterocycles. The molecule has 0 aliphatic rings. The maximum absolute atomic E-state index is 11.3. The van der Waals surface area contributed by atoms with Crippen LogP contribution in [-0.4, -0.2) is 55.5 Å². The molecule has 10 nitrogen and oxygen atoms in total. The molecular formula is C42H44CuN2O8. The molecule has 4 N–H and O–H groups in total. The first-order chi connectivity index (χ1) is 25.1. The number of carbonyl (C=O) groups is 2. The molecule has 0 atom stereocenters. The van der Waals surface area contributed by atoms with Crippen LogP contribution < -0.4 is 10.2 Å². The van der Waals surface area contributed by atoms with Gasteiger partial charge in [0.2, 0.25) is 0 Å². The van der Waals surface area contributed by atoms with Crippen molar-refractivity contribution in [2.24, 2.45) is 0 Å². The number of aliphatic hydroxyl groups is 4. The van der Waals surface area contributed by atoms with E-state index in [-0.39, 0.29) is 52.5 Å². The first-order valence-corrected chi connectivity index (χ1v) is 16.2. The van der Waals surface area contributed by atoms with Gasteiger partial charge in [-0.05, 0) is 60.4 Å². The Kier molecular flexibility index (Phi) is 25.2. The van der Waals surface area contributed by atoms with Crippen LogP contribution in [0.4, 0.5) is 0 Å². The van der Waals surface area contributed by atoms with Gasteiger partial charge in [0.15, 0.2) is 11.2 Å². The van der Waals surface area contributed by atoms with Crippen LogP contribution >= 0.6 is 0 Å². The SMILES string of the molecule is CCO.CCO.O=C([O-])C(O)(c1ccccc1)c1ccccc1.O=C([O-])C(O)(c1ccccc1)c1ccccc1.[Cu+2].c1ccncc1.c1ccncc1. The number of hydrogen-bond donors (Lipinski definition) is 4. The van der Waals surface area contributed by atoms with Gasteiger partial charge in [-0.25, -0.2) is 0 Å². The van der Waals surface area contributed by atoms with Crippen molar-refractivity contribution in [3.8, 4) is 0 Å². The molecule has 281 valence electrons. The van der Waals surface area contributed by atoms with E-state index in [4.69, 9.17) is 10.2 Å². The zero-order chi connectivity index (χ0) is 38.5. The molecular weight excluding hydrogens is 724 g/mol. The second-order valence-electron chi connectivity index (χ2n) is 10.1. The second-order valence-corrected chi connectivity index (χ2v) is 10.1. The van der Waals surface area contributed by atoms with E-state index < -0.39 is 23.1 Å². The number of rotatable bonds is 6. The third kappa shape index (κ3) is 16.6. The summed E-state index contributed by atoms with van der Waals surface area (Å²) in [6, 6.07) is 44.3. The number of carboxylic acid groups (broad SMARTS) is 2. The third-order valence-electron chi connectivity index (χ3n) is 6.49. The third-order valence-corrected chi connectivity index (χ3v) is 6.49. The number of aromatic nitrogens is 2. The first kappa shape index (κ1) is 47.5. The molecule has 6 rings (SSSR count). The number of carbonyl (C=O) groups excluding carboxylic acids is 2. The molecule has 4 aromatic carbocycles. The molecule has 1 radical (unpaired) electrons. The largest absolute Gasteiger partial charge is 2.00 e. The fraction of sp³-hybridized carbons (Fsp3) is 0.143. The monoisotopic (exact) mass is 767 g/mol. The van der Waals surface area contributed by atoms with Crippen LogP contribution in [0.15, 0.2) is 183 Å². The molecule has 0 spiro atoms. The number of pyridine rings is 2. The van der Waals surface area contributed by atoms with Crippen LogP contribution in [0.1, 0.15) is 36.1 Å². The number of aliphatic carboxylic acids is 2. The average Bonchev–Trinajstić information content (AvgIpc) is 3.21. The summed E-state index contributed by atoms with van der Waals surface area (Å²) in [5.74, 6) is -3.06. The van der Waals surface area contributed by atoms with Crippen molar-refractivity contribution in [3.63, 3.8) is 0 Å². The Labute approximate surface area is 321 Å². The zero-order valence-corrected chi connectivity index (χ0v) is 30.3. The van der Waals surface area contributed by atoms with Gasteiger partial charge >= 0.3 is 17.1 Å². The van der Waals surface area contributed by atoms with E-state index in [0.717, 1.165) is 0 Å². The van der Waals surface area contributed by atoms with Gasteiger partial charge in [0.05, 0.1) is 11.9 Å². The maximum atomic E-state index is 11.3. The molecule has 0 saturated carbocycles. The normalized spacial score (nSPS) is 9.62. The quantitative estimate of drug-likeness (QED) is 0.183. The van der Waals surface area contributed by atoms with Crippen molar-refractivity contribution in [1.29, 1.82) is 0 Å². The fourth-order valence-electron chi connectivity index (χ4n) is 4.15. The predicted molar refractivity (Wildman–Crippen MR) is 196 cm³/mol. The van der Waals surface area contributed by atoms with Crippen molar-refractivity contribution in [2.75, 3.05) is 13.2 Å². The predicted octanol–water partition coefficient (Wildman–Crippen LogP) is 3.50. The molecule has 6 aromatic rings. The molecule has 11 heteroatoms. The van der Waals surface area contributed by atoms with Gasteiger partial charge in [-0.1, -0.05) is 133 Å². The van der Waals surface area contributed by atoms with Crippen molar-refractivity contribution in [1.82, 2.24) is 9.97 Å². The molecule has 0 bridgehead atoms. The summed E-state index contributed by atoms with van der Waals surface area (Å²) < 4.78 is 0.